The van der Waals surface area contributed by atoms with Gasteiger partial charge in [0.05, 0.1) is 0 Å². The molecule has 6 nitrogen and oxygen atoms in total. The maximum atomic E-state index is 12.7. The number of hydrogen-bond acceptors (Lipinski definition) is 4. The van der Waals surface area contributed by atoms with E-state index in [0.29, 0.717) is 18.2 Å². The summed E-state index contributed by atoms with van der Waals surface area (Å²) >= 11 is 0. The van der Waals surface area contributed by atoms with E-state index in [1.165, 1.54) is 0 Å². The number of benzene rings is 1. The Bertz CT molecular complexity index is 628. The second kappa shape index (κ2) is 9.03. The third kappa shape index (κ3) is 4.55. The SMILES string of the molecule is CCCN(C(=O)COc1cccc(N2CCCC2=O)c1)C1CCNCC1. The van der Waals surface area contributed by atoms with Gasteiger partial charge in [0.15, 0.2) is 6.61 Å². The minimum absolute atomic E-state index is 0.0430. The topological polar surface area (TPSA) is 61.9 Å². The van der Waals surface area contributed by atoms with Crippen molar-refractivity contribution in [1.29, 1.82) is 0 Å². The van der Waals surface area contributed by atoms with Gasteiger partial charge in [0.25, 0.3) is 5.91 Å². The molecule has 0 saturated carbocycles. The Morgan fingerprint density at radius 3 is 2.85 bits per heavy atom. The van der Waals surface area contributed by atoms with Crippen molar-refractivity contribution in [2.45, 2.75) is 45.1 Å². The first-order valence-electron chi connectivity index (χ1n) is 9.72. The first-order valence-corrected chi connectivity index (χ1v) is 9.72. The van der Waals surface area contributed by atoms with Crippen LogP contribution in [0.3, 0.4) is 0 Å². The molecule has 0 aliphatic carbocycles. The van der Waals surface area contributed by atoms with Crippen LogP contribution in [0.1, 0.15) is 39.0 Å². The zero-order valence-corrected chi connectivity index (χ0v) is 15.6. The van der Waals surface area contributed by atoms with Crippen LogP contribution in [-0.4, -0.2) is 55.5 Å². The van der Waals surface area contributed by atoms with Crippen molar-refractivity contribution in [3.05, 3.63) is 24.3 Å². The van der Waals surface area contributed by atoms with Crippen molar-refractivity contribution in [2.24, 2.45) is 0 Å². The van der Waals surface area contributed by atoms with Gasteiger partial charge in [0.2, 0.25) is 5.91 Å². The van der Waals surface area contributed by atoms with Gasteiger partial charge in [-0.3, -0.25) is 9.59 Å². The van der Waals surface area contributed by atoms with Gasteiger partial charge in [-0.2, -0.15) is 0 Å². The molecule has 26 heavy (non-hydrogen) atoms. The number of amides is 2. The van der Waals surface area contributed by atoms with Crippen LogP contribution < -0.4 is 15.0 Å². The first kappa shape index (κ1) is 18.7. The van der Waals surface area contributed by atoms with E-state index in [2.05, 4.69) is 12.2 Å². The van der Waals surface area contributed by atoms with Crippen molar-refractivity contribution in [2.75, 3.05) is 37.7 Å². The summed E-state index contributed by atoms with van der Waals surface area (Å²) in [5, 5.41) is 3.34. The van der Waals surface area contributed by atoms with Crippen molar-refractivity contribution in [3.63, 3.8) is 0 Å². The highest BCUT2D eigenvalue weighted by molar-refractivity contribution is 5.95. The zero-order chi connectivity index (χ0) is 18.4. The molecule has 0 spiro atoms. The van der Waals surface area contributed by atoms with Crippen LogP contribution >= 0.6 is 0 Å². The number of rotatable bonds is 7. The van der Waals surface area contributed by atoms with Crippen LogP contribution in [0.25, 0.3) is 0 Å². The number of nitrogens with zero attached hydrogens (tertiary/aromatic N) is 2. The van der Waals surface area contributed by atoms with Crippen LogP contribution in [0.2, 0.25) is 0 Å². The Morgan fingerprint density at radius 2 is 2.15 bits per heavy atom. The largest absolute Gasteiger partial charge is 0.484 e. The van der Waals surface area contributed by atoms with Crippen molar-refractivity contribution < 1.29 is 14.3 Å². The molecule has 3 rings (SSSR count). The minimum atomic E-state index is 0.0430. The quantitative estimate of drug-likeness (QED) is 0.811. The number of piperidine rings is 1. The summed E-state index contributed by atoms with van der Waals surface area (Å²) in [6.45, 7) is 5.59. The van der Waals surface area contributed by atoms with Gasteiger partial charge >= 0.3 is 0 Å². The van der Waals surface area contributed by atoms with E-state index >= 15 is 0 Å². The molecule has 1 N–H and O–H groups in total. The Balaban J connectivity index is 1.60. The Kier molecular flexibility index (Phi) is 6.50. The molecule has 0 aromatic heterocycles. The van der Waals surface area contributed by atoms with Gasteiger partial charge in [-0.1, -0.05) is 13.0 Å². The van der Waals surface area contributed by atoms with E-state index in [0.717, 1.165) is 57.5 Å². The molecule has 1 aromatic carbocycles. The molecule has 0 unspecified atom stereocenters. The molecule has 0 atom stereocenters. The average Bonchev–Trinajstić information content (AvgIpc) is 3.11. The highest BCUT2D eigenvalue weighted by Gasteiger charge is 2.25. The molecule has 2 fully saturated rings. The van der Waals surface area contributed by atoms with Crippen LogP contribution in [0.4, 0.5) is 5.69 Å². The maximum absolute atomic E-state index is 12.7. The molecule has 2 heterocycles. The third-order valence-corrected chi connectivity index (χ3v) is 5.10. The van der Waals surface area contributed by atoms with E-state index < -0.39 is 0 Å². The molecule has 2 aliphatic rings. The lowest BCUT2D eigenvalue weighted by molar-refractivity contribution is -0.136. The normalized spacial score (nSPS) is 18.2. The van der Waals surface area contributed by atoms with E-state index in [1.807, 2.05) is 29.2 Å². The fourth-order valence-corrected chi connectivity index (χ4v) is 3.76. The van der Waals surface area contributed by atoms with Gasteiger partial charge in [-0.05, 0) is 50.9 Å². The third-order valence-electron chi connectivity index (χ3n) is 5.10. The molecule has 0 bridgehead atoms. The monoisotopic (exact) mass is 359 g/mol. The van der Waals surface area contributed by atoms with E-state index in [4.69, 9.17) is 4.74 Å². The van der Waals surface area contributed by atoms with Crippen LogP contribution in [-0.2, 0) is 9.59 Å². The second-order valence-electron chi connectivity index (χ2n) is 7.00. The fraction of sp³-hybridized carbons (Fsp3) is 0.600. The van der Waals surface area contributed by atoms with Crippen molar-refractivity contribution >= 4 is 17.5 Å². The zero-order valence-electron chi connectivity index (χ0n) is 15.6. The van der Waals surface area contributed by atoms with Gasteiger partial charge in [-0.15, -0.1) is 0 Å². The Labute approximate surface area is 155 Å². The molecular weight excluding hydrogens is 330 g/mol. The molecule has 1 aromatic rings. The van der Waals surface area contributed by atoms with Crippen LogP contribution in [0, 0.1) is 0 Å². The van der Waals surface area contributed by atoms with Crippen LogP contribution in [0.15, 0.2) is 24.3 Å². The summed E-state index contributed by atoms with van der Waals surface area (Å²) in [5.74, 6) is 0.831. The van der Waals surface area contributed by atoms with E-state index in [9.17, 15) is 9.59 Å². The number of hydrogen-bond donors (Lipinski definition) is 1. The number of nitrogens with one attached hydrogen (secondary N) is 1. The molecular formula is C20H29N3O3. The smallest absolute Gasteiger partial charge is 0.260 e. The van der Waals surface area contributed by atoms with Crippen molar-refractivity contribution in [3.8, 4) is 5.75 Å². The summed E-state index contributed by atoms with van der Waals surface area (Å²) in [4.78, 5) is 28.4. The lowest BCUT2D eigenvalue weighted by atomic mass is 10.0. The molecule has 6 heteroatoms. The van der Waals surface area contributed by atoms with E-state index in [-0.39, 0.29) is 18.4 Å². The molecule has 2 amide bonds. The fourth-order valence-electron chi connectivity index (χ4n) is 3.76. The molecule has 2 saturated heterocycles. The first-order chi connectivity index (χ1) is 12.7. The molecule has 0 radical (unpaired) electrons. The maximum Gasteiger partial charge on any atom is 0.260 e. The average molecular weight is 359 g/mol. The Hall–Kier alpha value is -2.08. The number of anilines is 1. The predicted molar refractivity (Wildman–Crippen MR) is 101 cm³/mol. The number of carbonyl (C=O) groups excluding carboxylic acids is 2. The summed E-state index contributed by atoms with van der Waals surface area (Å²) in [6, 6.07) is 7.78. The Morgan fingerprint density at radius 1 is 1.35 bits per heavy atom. The highest BCUT2D eigenvalue weighted by atomic mass is 16.5. The standard InChI is InChI=1S/C20H29N3O3/c1-2-12-22(16-8-10-21-11-9-16)20(25)15-26-18-6-3-5-17(14-18)23-13-4-7-19(23)24/h3,5-6,14,16,21H,2,4,7-13,15H2,1H3. The van der Waals surface area contributed by atoms with Gasteiger partial charge < -0.3 is 19.9 Å². The summed E-state index contributed by atoms with van der Waals surface area (Å²) in [7, 11) is 0. The summed E-state index contributed by atoms with van der Waals surface area (Å²) in [6.07, 6.45) is 4.44. The lowest BCUT2D eigenvalue weighted by Gasteiger charge is -2.34. The van der Waals surface area contributed by atoms with Gasteiger partial charge in [-0.25, -0.2) is 0 Å². The number of carbonyl (C=O) groups is 2. The minimum Gasteiger partial charge on any atom is -0.484 e. The van der Waals surface area contributed by atoms with Gasteiger partial charge in [0, 0.05) is 37.3 Å². The van der Waals surface area contributed by atoms with Gasteiger partial charge in [0.1, 0.15) is 5.75 Å². The molecule has 142 valence electrons. The second-order valence-corrected chi connectivity index (χ2v) is 7.00. The molecule has 2 aliphatic heterocycles. The lowest BCUT2D eigenvalue weighted by Crippen LogP contribution is -2.48. The highest BCUT2D eigenvalue weighted by Crippen LogP contribution is 2.25. The number of ether oxygens (including phenoxy) is 1. The van der Waals surface area contributed by atoms with Crippen LogP contribution in [0.5, 0.6) is 5.75 Å². The predicted octanol–water partition coefficient (Wildman–Crippen LogP) is 2.18. The van der Waals surface area contributed by atoms with E-state index in [1.54, 1.807) is 4.90 Å². The summed E-state index contributed by atoms with van der Waals surface area (Å²) in [5.41, 5.74) is 0.848. The summed E-state index contributed by atoms with van der Waals surface area (Å²) < 4.78 is 5.78. The van der Waals surface area contributed by atoms with Crippen molar-refractivity contribution in [1.82, 2.24) is 10.2 Å².